The molecular weight excluding hydrogens is 509 g/mol. The molecule has 0 unspecified atom stereocenters. The first-order valence-corrected chi connectivity index (χ1v) is 10.0. The first-order valence-electron chi connectivity index (χ1n) is 10.0. The van der Waals surface area contributed by atoms with Crippen LogP contribution in [0.5, 0.6) is 17.2 Å². The van der Waals surface area contributed by atoms with Gasteiger partial charge in [0.1, 0.15) is 5.75 Å². The number of ether oxygens (including phenoxy) is 3. The van der Waals surface area contributed by atoms with Gasteiger partial charge in [0.25, 0.3) is 0 Å². The molecular formula is C20H31F2IN4O3. The molecule has 0 aromatic heterocycles. The van der Waals surface area contributed by atoms with Crippen LogP contribution in [0.2, 0.25) is 0 Å². The fourth-order valence-electron chi connectivity index (χ4n) is 3.76. The van der Waals surface area contributed by atoms with Gasteiger partial charge in [-0.2, -0.15) is 8.78 Å². The lowest BCUT2D eigenvalue weighted by Gasteiger charge is -2.27. The minimum Gasteiger partial charge on any atom is -0.454 e. The monoisotopic (exact) mass is 540 g/mol. The smallest absolute Gasteiger partial charge is 0.387 e. The zero-order valence-corrected chi connectivity index (χ0v) is 20.0. The zero-order chi connectivity index (χ0) is 20.8. The molecule has 3 rings (SSSR count). The van der Waals surface area contributed by atoms with E-state index >= 15 is 0 Å². The lowest BCUT2D eigenvalue weighted by molar-refractivity contribution is -0.0505. The number of hydrogen-bond donors (Lipinski definition) is 2. The summed E-state index contributed by atoms with van der Waals surface area (Å²) in [7, 11) is 1.69. The van der Waals surface area contributed by atoms with E-state index in [1.165, 1.54) is 12.5 Å². The van der Waals surface area contributed by atoms with E-state index in [4.69, 9.17) is 9.47 Å². The fourth-order valence-corrected chi connectivity index (χ4v) is 3.76. The molecule has 7 nitrogen and oxygen atoms in total. The third kappa shape index (κ3) is 6.73. The number of rotatable bonds is 8. The van der Waals surface area contributed by atoms with Crippen molar-refractivity contribution in [2.75, 3.05) is 33.5 Å². The Labute approximate surface area is 193 Å². The van der Waals surface area contributed by atoms with Crippen molar-refractivity contribution in [3.05, 3.63) is 17.7 Å². The van der Waals surface area contributed by atoms with Crippen LogP contribution in [0, 0.1) is 5.92 Å². The van der Waals surface area contributed by atoms with Gasteiger partial charge < -0.3 is 24.8 Å². The van der Waals surface area contributed by atoms with Gasteiger partial charge in [-0.1, -0.05) is 13.8 Å². The van der Waals surface area contributed by atoms with E-state index in [0.29, 0.717) is 35.0 Å². The van der Waals surface area contributed by atoms with Gasteiger partial charge >= 0.3 is 6.61 Å². The van der Waals surface area contributed by atoms with Gasteiger partial charge in [0, 0.05) is 44.4 Å². The summed E-state index contributed by atoms with van der Waals surface area (Å²) in [6.07, 6.45) is 2.36. The number of fused-ring (bicyclic) bond motifs is 1. The summed E-state index contributed by atoms with van der Waals surface area (Å²) in [6.45, 7) is 4.87. The molecule has 1 aromatic rings. The average molecular weight is 540 g/mol. The summed E-state index contributed by atoms with van der Waals surface area (Å²) < 4.78 is 40.8. The van der Waals surface area contributed by atoms with E-state index in [2.05, 4.69) is 39.1 Å². The number of aliphatic imine (C=N–C) groups is 1. The highest BCUT2D eigenvalue weighted by Gasteiger charge is 2.25. The Morgan fingerprint density at radius 1 is 1.27 bits per heavy atom. The molecule has 1 saturated heterocycles. The normalized spacial score (nSPS) is 18.6. The van der Waals surface area contributed by atoms with E-state index in [9.17, 15) is 8.78 Å². The van der Waals surface area contributed by atoms with E-state index in [1.807, 2.05) is 0 Å². The number of hydrogen-bond acceptors (Lipinski definition) is 5. The number of nitrogens with one attached hydrogen (secondary N) is 2. The highest BCUT2D eigenvalue weighted by Crippen LogP contribution is 2.38. The second-order valence-electron chi connectivity index (χ2n) is 7.68. The van der Waals surface area contributed by atoms with Crippen molar-refractivity contribution in [1.82, 2.24) is 15.5 Å². The van der Waals surface area contributed by atoms with E-state index in [-0.39, 0.29) is 43.1 Å². The van der Waals surface area contributed by atoms with Crippen molar-refractivity contribution < 1.29 is 23.0 Å². The Bertz CT molecular complexity index is 722. The maximum absolute atomic E-state index is 12.8. The number of halogens is 3. The van der Waals surface area contributed by atoms with Crippen LogP contribution in [0.3, 0.4) is 0 Å². The van der Waals surface area contributed by atoms with Gasteiger partial charge in [0.05, 0.1) is 0 Å². The van der Waals surface area contributed by atoms with Crippen LogP contribution in [0.4, 0.5) is 8.78 Å². The molecule has 0 saturated carbocycles. The second kappa shape index (κ2) is 11.7. The van der Waals surface area contributed by atoms with E-state index < -0.39 is 6.61 Å². The SMILES string of the molecule is CN=C(NCc1cc2c(cc1OC(F)F)OCO2)NC[C@H]1CCCN1CC(C)C.I. The van der Waals surface area contributed by atoms with Crippen LogP contribution < -0.4 is 24.8 Å². The van der Waals surface area contributed by atoms with Crippen molar-refractivity contribution in [2.24, 2.45) is 10.9 Å². The molecule has 2 aliphatic heterocycles. The molecule has 1 fully saturated rings. The molecule has 2 N–H and O–H groups in total. The predicted molar refractivity (Wildman–Crippen MR) is 122 cm³/mol. The van der Waals surface area contributed by atoms with Crippen molar-refractivity contribution in [3.8, 4) is 17.2 Å². The molecule has 0 radical (unpaired) electrons. The number of nitrogens with zero attached hydrogens (tertiary/aromatic N) is 2. The molecule has 30 heavy (non-hydrogen) atoms. The minimum atomic E-state index is -2.92. The topological polar surface area (TPSA) is 67.4 Å². The van der Waals surface area contributed by atoms with Gasteiger partial charge in [-0.05, 0) is 31.4 Å². The Hall–Kier alpha value is -1.56. The number of benzene rings is 1. The molecule has 2 aliphatic rings. The zero-order valence-electron chi connectivity index (χ0n) is 17.6. The summed E-state index contributed by atoms with van der Waals surface area (Å²) in [6, 6.07) is 3.56. The van der Waals surface area contributed by atoms with Gasteiger partial charge in [0.2, 0.25) is 6.79 Å². The molecule has 0 aliphatic carbocycles. The molecule has 1 atom stereocenters. The minimum absolute atomic E-state index is 0. The summed E-state index contributed by atoms with van der Waals surface area (Å²) in [4.78, 5) is 6.76. The molecule has 0 spiro atoms. The third-order valence-electron chi connectivity index (χ3n) is 5.05. The van der Waals surface area contributed by atoms with Crippen LogP contribution in [-0.2, 0) is 6.54 Å². The molecule has 0 bridgehead atoms. The van der Waals surface area contributed by atoms with Crippen LogP contribution in [0.1, 0.15) is 32.3 Å². The molecule has 10 heteroatoms. The lowest BCUT2D eigenvalue weighted by atomic mass is 10.1. The Balaban J connectivity index is 0.00000320. The molecule has 2 heterocycles. The van der Waals surface area contributed by atoms with E-state index in [1.54, 1.807) is 13.1 Å². The van der Waals surface area contributed by atoms with Gasteiger partial charge in [-0.3, -0.25) is 9.89 Å². The fraction of sp³-hybridized carbons (Fsp3) is 0.650. The van der Waals surface area contributed by atoms with Crippen molar-refractivity contribution >= 4 is 29.9 Å². The average Bonchev–Trinajstić information content (AvgIpc) is 3.29. The van der Waals surface area contributed by atoms with Gasteiger partial charge in [-0.25, -0.2) is 0 Å². The van der Waals surface area contributed by atoms with E-state index in [0.717, 1.165) is 26.1 Å². The molecule has 0 amide bonds. The van der Waals surface area contributed by atoms with Crippen LogP contribution >= 0.6 is 24.0 Å². The largest absolute Gasteiger partial charge is 0.454 e. The summed E-state index contributed by atoms with van der Waals surface area (Å²) >= 11 is 0. The highest BCUT2D eigenvalue weighted by molar-refractivity contribution is 14.0. The maximum atomic E-state index is 12.8. The molecule has 170 valence electrons. The van der Waals surface area contributed by atoms with Crippen molar-refractivity contribution in [1.29, 1.82) is 0 Å². The number of guanidine groups is 1. The summed E-state index contributed by atoms with van der Waals surface area (Å²) in [5, 5.41) is 6.52. The van der Waals surface area contributed by atoms with Crippen LogP contribution in [-0.4, -0.2) is 57.0 Å². The first kappa shape index (κ1) is 24.7. The Morgan fingerprint density at radius 3 is 2.67 bits per heavy atom. The number of likely N-dealkylation sites (tertiary alicyclic amines) is 1. The van der Waals surface area contributed by atoms with Gasteiger partial charge in [0.15, 0.2) is 17.5 Å². The quantitative estimate of drug-likeness (QED) is 0.300. The maximum Gasteiger partial charge on any atom is 0.387 e. The second-order valence-corrected chi connectivity index (χ2v) is 7.68. The highest BCUT2D eigenvalue weighted by atomic mass is 127. The van der Waals surface area contributed by atoms with Crippen molar-refractivity contribution in [2.45, 2.75) is 45.9 Å². The Kier molecular flexibility index (Phi) is 9.66. The lowest BCUT2D eigenvalue weighted by Crippen LogP contribution is -2.45. The standard InChI is InChI=1S/C20H30F2N4O3.HI/c1-13(2)11-26-6-4-5-15(26)10-25-20(23-3)24-9-14-7-17-18(28-12-27-17)8-16(14)29-19(21)22;/h7-8,13,15,19H,4-6,9-12H2,1-3H3,(H2,23,24,25);1H/t15-;/m1./s1. The number of alkyl halides is 2. The first-order chi connectivity index (χ1) is 14.0. The van der Waals surface area contributed by atoms with Gasteiger partial charge in [-0.15, -0.1) is 24.0 Å². The Morgan fingerprint density at radius 2 is 2.00 bits per heavy atom. The van der Waals surface area contributed by atoms with Crippen molar-refractivity contribution in [3.63, 3.8) is 0 Å². The molecule has 1 aromatic carbocycles. The van der Waals surface area contributed by atoms with Crippen LogP contribution in [0.25, 0.3) is 0 Å². The van der Waals surface area contributed by atoms with Crippen LogP contribution in [0.15, 0.2) is 17.1 Å². The summed E-state index contributed by atoms with van der Waals surface area (Å²) in [5.74, 6) is 2.22. The summed E-state index contributed by atoms with van der Waals surface area (Å²) in [5.41, 5.74) is 0.541. The predicted octanol–water partition coefficient (Wildman–Crippen LogP) is 3.42. The third-order valence-corrected chi connectivity index (χ3v) is 5.05.